The molecular formula is C19H22N2. The molecule has 0 radical (unpaired) electrons. The minimum atomic E-state index is 0.254. The van der Waals surface area contributed by atoms with Crippen LogP contribution in [0.3, 0.4) is 0 Å². The van der Waals surface area contributed by atoms with Crippen LogP contribution in [0.1, 0.15) is 47.9 Å². The highest BCUT2D eigenvalue weighted by molar-refractivity contribution is 5.31. The lowest BCUT2D eigenvalue weighted by molar-refractivity contribution is 0.414. The van der Waals surface area contributed by atoms with Gasteiger partial charge in [-0.2, -0.15) is 0 Å². The van der Waals surface area contributed by atoms with E-state index >= 15 is 0 Å². The van der Waals surface area contributed by atoms with E-state index in [1.807, 2.05) is 6.20 Å². The summed E-state index contributed by atoms with van der Waals surface area (Å²) in [5.41, 5.74) is 10.8. The van der Waals surface area contributed by atoms with Gasteiger partial charge in [0.25, 0.3) is 0 Å². The molecule has 2 nitrogen and oxygen atoms in total. The van der Waals surface area contributed by atoms with Crippen molar-refractivity contribution in [3.63, 3.8) is 0 Å². The Hall–Kier alpha value is -1.67. The van der Waals surface area contributed by atoms with Crippen molar-refractivity contribution in [2.45, 2.75) is 43.6 Å². The summed E-state index contributed by atoms with van der Waals surface area (Å²) in [7, 11) is 0. The van der Waals surface area contributed by atoms with Gasteiger partial charge in [0.1, 0.15) is 0 Å². The first-order valence-corrected chi connectivity index (χ1v) is 8.09. The van der Waals surface area contributed by atoms with Crippen LogP contribution in [0.15, 0.2) is 48.7 Å². The Morgan fingerprint density at radius 1 is 1.10 bits per heavy atom. The molecule has 1 heterocycles. The van der Waals surface area contributed by atoms with Gasteiger partial charge in [-0.1, -0.05) is 36.4 Å². The van der Waals surface area contributed by atoms with E-state index in [2.05, 4.69) is 47.4 Å². The van der Waals surface area contributed by atoms with Crippen LogP contribution in [0.2, 0.25) is 0 Å². The van der Waals surface area contributed by atoms with Crippen molar-refractivity contribution in [2.24, 2.45) is 11.7 Å². The van der Waals surface area contributed by atoms with Crippen LogP contribution < -0.4 is 5.73 Å². The monoisotopic (exact) mass is 278 g/mol. The minimum Gasteiger partial charge on any atom is -0.327 e. The molecule has 2 N–H and O–H groups in total. The maximum Gasteiger partial charge on any atom is 0.0481 e. The first-order chi connectivity index (χ1) is 10.3. The molecule has 2 aliphatic rings. The maximum absolute atomic E-state index is 6.66. The van der Waals surface area contributed by atoms with Crippen LogP contribution in [-0.4, -0.2) is 11.0 Å². The summed E-state index contributed by atoms with van der Waals surface area (Å²) in [6.45, 7) is 0. The topological polar surface area (TPSA) is 38.9 Å². The number of hydrogen-bond acceptors (Lipinski definition) is 2. The van der Waals surface area contributed by atoms with E-state index in [0.29, 0.717) is 17.8 Å². The minimum absolute atomic E-state index is 0.254. The highest BCUT2D eigenvalue weighted by atomic mass is 14.8. The zero-order chi connectivity index (χ0) is 14.2. The van der Waals surface area contributed by atoms with Crippen molar-refractivity contribution in [1.82, 2.24) is 4.98 Å². The van der Waals surface area contributed by atoms with Gasteiger partial charge in [0, 0.05) is 23.9 Å². The van der Waals surface area contributed by atoms with Gasteiger partial charge in [0.2, 0.25) is 0 Å². The Kier molecular flexibility index (Phi) is 3.27. The molecule has 0 amide bonds. The number of aromatic nitrogens is 1. The van der Waals surface area contributed by atoms with Gasteiger partial charge in [-0.3, -0.25) is 4.98 Å². The highest BCUT2D eigenvalue weighted by Gasteiger charge is 2.46. The molecule has 1 aromatic heterocycles. The summed E-state index contributed by atoms with van der Waals surface area (Å²) in [6.07, 6.45) is 6.78. The van der Waals surface area contributed by atoms with E-state index in [1.54, 1.807) is 0 Å². The van der Waals surface area contributed by atoms with E-state index in [9.17, 15) is 0 Å². The molecule has 2 aliphatic carbocycles. The molecule has 1 aromatic carbocycles. The second kappa shape index (κ2) is 5.27. The van der Waals surface area contributed by atoms with Gasteiger partial charge in [-0.15, -0.1) is 0 Å². The average Bonchev–Trinajstić information content (AvgIpc) is 3.35. The summed E-state index contributed by atoms with van der Waals surface area (Å²) in [5.74, 6) is 1.74. The van der Waals surface area contributed by atoms with Crippen LogP contribution in [-0.2, 0) is 6.42 Å². The van der Waals surface area contributed by atoms with E-state index in [0.717, 1.165) is 0 Å². The molecule has 21 heavy (non-hydrogen) atoms. The summed E-state index contributed by atoms with van der Waals surface area (Å²) in [5, 5.41) is 0. The highest BCUT2D eigenvalue weighted by Crippen LogP contribution is 2.52. The van der Waals surface area contributed by atoms with Crippen molar-refractivity contribution in [1.29, 1.82) is 0 Å². The third-order valence-corrected chi connectivity index (χ3v) is 5.27. The van der Waals surface area contributed by atoms with Gasteiger partial charge in [0.05, 0.1) is 0 Å². The molecule has 0 aliphatic heterocycles. The smallest absolute Gasteiger partial charge is 0.0481 e. The lowest BCUT2D eigenvalue weighted by atomic mass is 9.80. The van der Waals surface area contributed by atoms with E-state index in [1.165, 1.54) is 42.5 Å². The normalized spacial score (nSPS) is 28.7. The maximum atomic E-state index is 6.66. The summed E-state index contributed by atoms with van der Waals surface area (Å²) < 4.78 is 0. The van der Waals surface area contributed by atoms with E-state index in [4.69, 9.17) is 5.73 Å². The second-order valence-corrected chi connectivity index (χ2v) is 6.54. The Morgan fingerprint density at radius 2 is 1.95 bits per heavy atom. The summed E-state index contributed by atoms with van der Waals surface area (Å²) in [4.78, 5) is 4.65. The third kappa shape index (κ3) is 2.38. The fourth-order valence-electron chi connectivity index (χ4n) is 4.04. The molecule has 108 valence electrons. The average molecular weight is 278 g/mol. The van der Waals surface area contributed by atoms with Crippen LogP contribution >= 0.6 is 0 Å². The van der Waals surface area contributed by atoms with Crippen molar-refractivity contribution in [2.75, 3.05) is 0 Å². The molecular weight excluding hydrogens is 256 g/mol. The molecule has 4 atom stereocenters. The molecule has 2 aromatic rings. The van der Waals surface area contributed by atoms with Gasteiger partial charge in [-0.05, 0) is 54.7 Å². The number of fused-ring (bicyclic) bond motifs is 1. The Balaban J connectivity index is 1.54. The molecule has 0 saturated heterocycles. The second-order valence-electron chi connectivity index (χ2n) is 6.54. The lowest BCUT2D eigenvalue weighted by Crippen LogP contribution is -2.34. The Labute approximate surface area is 126 Å². The Morgan fingerprint density at radius 3 is 2.81 bits per heavy atom. The first-order valence-electron chi connectivity index (χ1n) is 8.09. The van der Waals surface area contributed by atoms with Crippen LogP contribution in [0.4, 0.5) is 0 Å². The van der Waals surface area contributed by atoms with Gasteiger partial charge in [-0.25, -0.2) is 0 Å². The van der Waals surface area contributed by atoms with Crippen LogP contribution in [0, 0.1) is 5.92 Å². The van der Waals surface area contributed by atoms with Crippen molar-refractivity contribution in [3.05, 3.63) is 65.5 Å². The molecule has 4 unspecified atom stereocenters. The van der Waals surface area contributed by atoms with Crippen LogP contribution in [0.5, 0.6) is 0 Å². The lowest BCUT2D eigenvalue weighted by Gasteiger charge is -2.29. The first kappa shape index (κ1) is 13.0. The number of nitrogens with two attached hydrogens (primary N) is 1. The zero-order valence-electron chi connectivity index (χ0n) is 12.3. The van der Waals surface area contributed by atoms with Crippen LogP contribution in [0.25, 0.3) is 0 Å². The SMILES string of the molecule is NC(C1CCCc2cccnc21)C1CC1c1ccccc1. The van der Waals surface area contributed by atoms with Crippen molar-refractivity contribution in [3.8, 4) is 0 Å². The fraction of sp³-hybridized carbons (Fsp3) is 0.421. The number of hydrogen-bond donors (Lipinski definition) is 1. The largest absolute Gasteiger partial charge is 0.327 e. The van der Waals surface area contributed by atoms with Gasteiger partial charge in [0.15, 0.2) is 0 Å². The quantitative estimate of drug-likeness (QED) is 0.931. The number of rotatable bonds is 3. The zero-order valence-corrected chi connectivity index (χ0v) is 12.3. The van der Waals surface area contributed by atoms with Crippen molar-refractivity contribution < 1.29 is 0 Å². The summed E-state index contributed by atoms with van der Waals surface area (Å²) >= 11 is 0. The standard InChI is InChI=1S/C19H22N2/c20-18(17-12-16(17)13-6-2-1-3-7-13)15-10-4-8-14-9-5-11-21-19(14)15/h1-3,5-7,9,11,15-18H,4,8,10,12,20H2. The molecule has 0 bridgehead atoms. The number of nitrogens with zero attached hydrogens (tertiary/aromatic N) is 1. The van der Waals surface area contributed by atoms with Gasteiger partial charge < -0.3 is 5.73 Å². The number of pyridine rings is 1. The van der Waals surface area contributed by atoms with Crippen molar-refractivity contribution >= 4 is 0 Å². The predicted molar refractivity (Wildman–Crippen MR) is 85.2 cm³/mol. The summed E-state index contributed by atoms with van der Waals surface area (Å²) in [6, 6.07) is 15.4. The third-order valence-electron chi connectivity index (χ3n) is 5.27. The Bertz CT molecular complexity index is 622. The molecule has 0 spiro atoms. The van der Waals surface area contributed by atoms with Gasteiger partial charge >= 0.3 is 0 Å². The molecule has 4 rings (SSSR count). The van der Waals surface area contributed by atoms with E-state index < -0.39 is 0 Å². The fourth-order valence-corrected chi connectivity index (χ4v) is 4.04. The predicted octanol–water partition coefficient (Wildman–Crippen LogP) is 3.63. The number of aryl methyl sites for hydroxylation is 1. The number of benzene rings is 1. The van der Waals surface area contributed by atoms with E-state index in [-0.39, 0.29) is 6.04 Å². The molecule has 2 heteroatoms. The molecule has 1 saturated carbocycles. The molecule has 1 fully saturated rings.